The monoisotopic (exact) mass is 1360 g/mol. The second kappa shape index (κ2) is 39.0. The summed E-state index contributed by atoms with van der Waals surface area (Å²) in [7, 11) is 1.24. The summed E-state index contributed by atoms with van der Waals surface area (Å²) in [6.45, 7) is 12.3. The molecule has 4 rings (SSSR count). The van der Waals surface area contributed by atoms with E-state index in [1.54, 1.807) is 82.3 Å². The Hall–Kier alpha value is -8.67. The number of nitrogens with one attached hydrogen (secondary N) is 9. The quantitative estimate of drug-likeness (QED) is 0.0813. The van der Waals surface area contributed by atoms with Gasteiger partial charge in [0.2, 0.25) is 41.4 Å². The highest BCUT2D eigenvalue weighted by Gasteiger charge is 2.35. The van der Waals surface area contributed by atoms with Gasteiger partial charge in [0.05, 0.1) is 24.8 Å². The van der Waals surface area contributed by atoms with E-state index < -0.39 is 131 Å². The fraction of sp³-hybridized carbons (Fsp3) is 0.516. The van der Waals surface area contributed by atoms with Crippen molar-refractivity contribution in [3.63, 3.8) is 0 Å². The molecule has 0 saturated carbocycles. The number of rotatable bonds is 14. The Morgan fingerprint density at radius 3 is 1.76 bits per heavy atom. The van der Waals surface area contributed by atoms with Gasteiger partial charge in [-0.15, -0.1) is 10.2 Å². The minimum atomic E-state index is -1.34. The lowest BCUT2D eigenvalue weighted by atomic mass is 9.98. The molecule has 1 aliphatic rings. The molecule has 0 fully saturated rings. The summed E-state index contributed by atoms with van der Waals surface area (Å²) >= 11 is 3.42. The fourth-order valence-electron chi connectivity index (χ4n) is 9.56. The van der Waals surface area contributed by atoms with Gasteiger partial charge in [-0.05, 0) is 130 Å². The highest BCUT2D eigenvalue weighted by Crippen LogP contribution is 2.24. The average Bonchev–Trinajstić information content (AvgIpc) is 1.70. The number of ether oxygens (including phenoxy) is 1. The van der Waals surface area contributed by atoms with Crippen molar-refractivity contribution in [2.45, 2.75) is 173 Å². The van der Waals surface area contributed by atoms with Crippen LogP contribution in [0.3, 0.4) is 0 Å². The zero-order chi connectivity index (χ0) is 68.9. The Bertz CT molecular complexity index is 3150. The number of carbonyl (C=O) groups excluding carboxylic acids is 12. The first-order chi connectivity index (χ1) is 44.1. The van der Waals surface area contributed by atoms with Gasteiger partial charge in [-0.1, -0.05) is 99.9 Å². The van der Waals surface area contributed by atoms with E-state index in [2.05, 4.69) is 79.0 Å². The molecule has 0 saturated heterocycles. The molecule has 15 N–H and O–H groups in total. The standard InChI is InChI=1S/C64H90BrN15O13/c1-35(2)30-47-59(87)73-46(20-12-13-27-66)57(85)70-29-14-18-44(67)55(83)74-48(31-36(3)4)61(89)78-52(37(5)6)62(90)76-50(33-40-21-23-41(65)24-22-40)60(88)75-49(32-39-16-10-9-11-17-39)58(86)71-38(7)53(81)69-28-15-19-45(68)56(84)80-79-54(82)43-34-42(25-26-51(43)93-8)72-63(91)64(92)77-47/h9-11,16-17,21-26,28,34-38,44-50,52H,12-15,18-20,27,29-33,66-68H2,1-8H3,(H,70,85)(H,71,86)(H,72,91)(H,73,87)(H,74,83)(H,75,88)(H,76,90)(H,77,92)(H,78,89)/t38-,44-,45-,46-,47-,48-,49-,50-,52-/m0/s1. The second-order valence-corrected chi connectivity index (χ2v) is 24.8. The van der Waals surface area contributed by atoms with Gasteiger partial charge in [-0.25, -0.2) is 4.99 Å². The maximum absolute atomic E-state index is 14.6. The number of amides is 12. The third kappa shape index (κ3) is 26.5. The first kappa shape index (κ1) is 76.8. The third-order valence-corrected chi connectivity index (χ3v) is 15.3. The van der Waals surface area contributed by atoms with Crippen molar-refractivity contribution in [3.8, 4) is 5.75 Å². The molecular weight excluding hydrogens is 1270 g/mol. The number of unbranched alkanes of at least 4 members (excludes halogenated alkanes) is 1. The average molecular weight is 1360 g/mol. The topological polar surface area (TPSA) is 437 Å². The molecule has 9 atom stereocenters. The number of halogens is 1. The maximum Gasteiger partial charge on any atom is 0.313 e. The van der Waals surface area contributed by atoms with Gasteiger partial charge >= 0.3 is 11.8 Å². The molecule has 0 aromatic heterocycles. The summed E-state index contributed by atoms with van der Waals surface area (Å²) in [6, 6.07) is 8.12. The van der Waals surface area contributed by atoms with Gasteiger partial charge in [0.25, 0.3) is 17.7 Å². The Kier molecular flexibility index (Phi) is 32.2. The molecule has 1 heterocycles. The van der Waals surface area contributed by atoms with Crippen LogP contribution in [0, 0.1) is 17.8 Å². The van der Waals surface area contributed by atoms with E-state index in [1.165, 1.54) is 32.4 Å². The molecule has 0 spiro atoms. The van der Waals surface area contributed by atoms with Crippen LogP contribution in [-0.4, -0.2) is 152 Å². The number of methoxy groups -OCH3 is 1. The molecule has 2 bridgehead atoms. The van der Waals surface area contributed by atoms with Crippen molar-refractivity contribution in [1.82, 2.24) is 42.5 Å². The van der Waals surface area contributed by atoms with Crippen molar-refractivity contribution in [2.24, 2.45) is 50.2 Å². The van der Waals surface area contributed by atoms with Crippen molar-refractivity contribution < 1.29 is 62.3 Å². The van der Waals surface area contributed by atoms with Crippen molar-refractivity contribution in [3.05, 3.63) is 94.0 Å². The number of carbonyl (C=O) groups is 12. The first-order valence-corrected chi connectivity index (χ1v) is 31.9. The molecule has 28 nitrogen and oxygen atoms in total. The lowest BCUT2D eigenvalue weighted by Crippen LogP contribution is -2.60. The predicted molar refractivity (Wildman–Crippen MR) is 351 cm³/mol. The van der Waals surface area contributed by atoms with E-state index in [9.17, 15) is 57.5 Å². The summed E-state index contributed by atoms with van der Waals surface area (Å²) in [5.74, 6) is -11.4. The van der Waals surface area contributed by atoms with Crippen LogP contribution in [0.1, 0.15) is 128 Å². The van der Waals surface area contributed by atoms with Gasteiger partial charge in [0, 0.05) is 35.8 Å². The zero-order valence-electron chi connectivity index (χ0n) is 53.9. The van der Waals surface area contributed by atoms with Gasteiger partial charge in [-0.3, -0.25) is 57.5 Å². The number of aliphatic imine (C=N–C) groups is 1. The Morgan fingerprint density at radius 1 is 0.581 bits per heavy atom. The van der Waals surface area contributed by atoms with E-state index >= 15 is 0 Å². The first-order valence-electron chi connectivity index (χ1n) is 31.1. The van der Waals surface area contributed by atoms with Crippen LogP contribution in [0.5, 0.6) is 5.75 Å². The minimum absolute atomic E-state index is 0.00176. The minimum Gasteiger partial charge on any atom is -0.496 e. The van der Waals surface area contributed by atoms with Crippen molar-refractivity contribution in [1.29, 1.82) is 0 Å². The van der Waals surface area contributed by atoms with E-state index in [0.29, 0.717) is 30.5 Å². The maximum atomic E-state index is 14.6. The molecule has 12 amide bonds. The second-order valence-electron chi connectivity index (χ2n) is 23.9. The van der Waals surface area contributed by atoms with Crippen LogP contribution in [0.15, 0.2) is 92.5 Å². The van der Waals surface area contributed by atoms with E-state index in [0.717, 1.165) is 10.5 Å². The Labute approximate surface area is 550 Å². The zero-order valence-corrected chi connectivity index (χ0v) is 55.5. The fourth-order valence-corrected chi connectivity index (χ4v) is 9.82. The predicted octanol–water partition coefficient (Wildman–Crippen LogP) is 2.23. The summed E-state index contributed by atoms with van der Waals surface area (Å²) in [5.41, 5.74) is 19.1. The molecule has 1 aliphatic heterocycles. The highest BCUT2D eigenvalue weighted by molar-refractivity contribution is 9.10. The smallest absolute Gasteiger partial charge is 0.313 e. The summed E-state index contributed by atoms with van der Waals surface area (Å²) < 4.78 is 6.03. The largest absolute Gasteiger partial charge is 0.496 e. The van der Waals surface area contributed by atoms with E-state index in [1.807, 2.05) is 13.8 Å². The number of fused-ring (bicyclic) bond motifs is 2. The lowest BCUT2D eigenvalue weighted by Gasteiger charge is -2.29. The number of hydrogen-bond donors (Lipinski definition) is 12. The van der Waals surface area contributed by atoms with E-state index in [4.69, 9.17) is 21.9 Å². The summed E-state index contributed by atoms with van der Waals surface area (Å²) in [4.78, 5) is 169. The van der Waals surface area contributed by atoms with Crippen molar-refractivity contribution >= 4 is 98.7 Å². The summed E-state index contributed by atoms with van der Waals surface area (Å²) in [5, 5.41) is 30.9. The Balaban J connectivity index is 1.69. The molecule has 0 unspecified atom stereocenters. The van der Waals surface area contributed by atoms with E-state index in [-0.39, 0.29) is 93.2 Å². The van der Waals surface area contributed by atoms with Crippen molar-refractivity contribution in [2.75, 3.05) is 25.5 Å². The number of benzene rings is 3. The molecule has 3 aromatic carbocycles. The van der Waals surface area contributed by atoms with Gasteiger partial charge in [-0.2, -0.15) is 0 Å². The van der Waals surface area contributed by atoms with Crippen LogP contribution in [0.25, 0.3) is 0 Å². The SMILES string of the molecule is COc1ccc2cc1C(=O)N=NC(=O)[C@@H](N)CCC=NC(=O)[C@H](C)NC(=O)[C@H](Cc1ccccc1)NC(=O)[C@H](Cc1ccc(Br)cc1)NC(=O)[C@H](C(C)C)NC(=O)[C@H](CC(C)C)NC(=O)[C@@H](N)CCCNC(=O)[C@H](CCCCN)NC(=O)[C@H](CC(C)C)NC(=O)C(=O)N2. The number of nitrogens with two attached hydrogens (primary N) is 3. The molecular formula is C64H90BrN15O13. The molecule has 3 aromatic rings. The molecule has 0 radical (unpaired) electrons. The number of azo groups is 1. The molecule has 506 valence electrons. The van der Waals surface area contributed by atoms with Crippen LogP contribution in [0.2, 0.25) is 0 Å². The number of nitrogens with zero attached hydrogens (tertiary/aromatic N) is 3. The molecule has 29 heteroatoms. The highest BCUT2D eigenvalue weighted by atomic mass is 79.9. The van der Waals surface area contributed by atoms with Gasteiger partial charge in [0.15, 0.2) is 0 Å². The van der Waals surface area contributed by atoms with Gasteiger partial charge < -0.3 is 69.8 Å². The molecule has 0 aliphatic carbocycles. The van der Waals surface area contributed by atoms with Crippen LogP contribution < -0.4 is 69.8 Å². The third-order valence-electron chi connectivity index (χ3n) is 14.7. The molecule has 93 heavy (non-hydrogen) atoms. The van der Waals surface area contributed by atoms with Crippen LogP contribution in [0.4, 0.5) is 5.69 Å². The Morgan fingerprint density at radius 2 is 1.15 bits per heavy atom. The number of hydrogen-bond acceptors (Lipinski definition) is 16. The van der Waals surface area contributed by atoms with Gasteiger partial charge in [0.1, 0.15) is 48.0 Å². The summed E-state index contributed by atoms with van der Waals surface area (Å²) in [6.07, 6.45) is 2.33. The lowest BCUT2D eigenvalue weighted by molar-refractivity contribution is -0.138. The number of anilines is 1. The van der Waals surface area contributed by atoms with Crippen LogP contribution >= 0.6 is 15.9 Å². The van der Waals surface area contributed by atoms with Crippen LogP contribution in [-0.2, 0) is 65.6 Å². The normalized spacial score (nSPS) is 23.5.